The largest absolute Gasteiger partial charge is 0.351 e. The fourth-order valence-electron chi connectivity index (χ4n) is 2.77. The lowest BCUT2D eigenvalue weighted by Crippen LogP contribution is -2.43. The van der Waals surface area contributed by atoms with Crippen molar-refractivity contribution in [1.29, 1.82) is 0 Å². The maximum absolute atomic E-state index is 13.2. The zero-order valence-electron chi connectivity index (χ0n) is 16.2. The van der Waals surface area contributed by atoms with E-state index in [4.69, 9.17) is 0 Å². The second-order valence-electron chi connectivity index (χ2n) is 7.17. The van der Waals surface area contributed by atoms with Gasteiger partial charge in [0.1, 0.15) is 10.6 Å². The number of thiophene rings is 1. The van der Waals surface area contributed by atoms with Crippen LogP contribution in [-0.4, -0.2) is 27.2 Å². The Hall–Kier alpha value is -2.19. The van der Waals surface area contributed by atoms with Gasteiger partial charge in [-0.2, -0.15) is 0 Å². The normalized spacial score (nSPS) is 11.8. The van der Waals surface area contributed by atoms with Gasteiger partial charge in [0.2, 0.25) is 5.91 Å². The van der Waals surface area contributed by atoms with Crippen LogP contribution >= 0.6 is 23.1 Å². The molecule has 0 bridgehead atoms. The molecule has 0 fully saturated rings. The van der Waals surface area contributed by atoms with E-state index in [1.165, 1.54) is 35.2 Å². The predicted octanol–water partition coefficient (Wildman–Crippen LogP) is 4.50. The van der Waals surface area contributed by atoms with Gasteiger partial charge in [0, 0.05) is 16.0 Å². The zero-order chi connectivity index (χ0) is 20.5. The first-order valence-corrected chi connectivity index (χ1v) is 10.7. The van der Waals surface area contributed by atoms with E-state index in [9.17, 15) is 14.0 Å². The number of aryl methyl sites for hydroxylation is 1. The molecule has 2 N–H and O–H groups in total. The number of halogens is 1. The van der Waals surface area contributed by atoms with Crippen LogP contribution in [0, 0.1) is 12.7 Å². The van der Waals surface area contributed by atoms with Crippen LogP contribution in [0.4, 0.5) is 4.39 Å². The lowest BCUT2D eigenvalue weighted by molar-refractivity contribution is -0.120. The minimum Gasteiger partial charge on any atom is -0.351 e. The van der Waals surface area contributed by atoms with Crippen molar-refractivity contribution in [3.05, 3.63) is 45.3 Å². The van der Waals surface area contributed by atoms with Crippen molar-refractivity contribution in [2.24, 2.45) is 0 Å². The highest BCUT2D eigenvalue weighted by Gasteiger charge is 2.19. The number of hydrogen-bond donors (Lipinski definition) is 2. The first-order chi connectivity index (χ1) is 13.2. The van der Waals surface area contributed by atoms with Gasteiger partial charge >= 0.3 is 0 Å². The molecule has 2 heterocycles. The van der Waals surface area contributed by atoms with Crippen LogP contribution in [-0.2, 0) is 4.79 Å². The Kier molecular flexibility index (Phi) is 5.90. The number of hydrogen-bond acceptors (Lipinski definition) is 5. The number of benzene rings is 1. The average molecular weight is 420 g/mol. The summed E-state index contributed by atoms with van der Waals surface area (Å²) >= 11 is 2.62. The van der Waals surface area contributed by atoms with E-state index in [1.54, 1.807) is 12.1 Å². The average Bonchev–Trinajstić information content (AvgIpc) is 2.97. The summed E-state index contributed by atoms with van der Waals surface area (Å²) in [4.78, 5) is 33.7. The summed E-state index contributed by atoms with van der Waals surface area (Å²) in [7, 11) is 0. The summed E-state index contributed by atoms with van der Waals surface area (Å²) in [5.41, 5.74) is 1.02. The van der Waals surface area contributed by atoms with E-state index in [1.807, 2.05) is 27.7 Å². The van der Waals surface area contributed by atoms with Crippen LogP contribution in [0.1, 0.15) is 32.1 Å². The number of thioether (sulfide) groups is 1. The molecule has 3 aromatic rings. The van der Waals surface area contributed by atoms with Crippen molar-refractivity contribution in [3.8, 4) is 11.1 Å². The first-order valence-electron chi connectivity index (χ1n) is 8.93. The molecule has 1 aromatic carbocycles. The fourth-order valence-corrected chi connectivity index (χ4v) is 4.53. The van der Waals surface area contributed by atoms with Crippen molar-refractivity contribution in [2.45, 2.75) is 44.8 Å². The summed E-state index contributed by atoms with van der Waals surface area (Å²) in [6.45, 7) is 7.86. The highest BCUT2D eigenvalue weighted by atomic mass is 32.2. The Bertz CT molecular complexity index is 1070. The van der Waals surface area contributed by atoms with Gasteiger partial charge in [-0.15, -0.1) is 11.3 Å². The number of rotatable bonds is 6. The summed E-state index contributed by atoms with van der Waals surface area (Å²) in [6.07, 6.45) is 0.824. The lowest BCUT2D eigenvalue weighted by Gasteiger charge is -2.24. The fraction of sp³-hybridized carbons (Fsp3) is 0.350. The summed E-state index contributed by atoms with van der Waals surface area (Å²) in [5, 5.41) is 3.87. The molecule has 0 aliphatic heterocycles. The van der Waals surface area contributed by atoms with Crippen LogP contribution in [0.2, 0.25) is 0 Å². The Morgan fingerprint density at radius 3 is 2.64 bits per heavy atom. The quantitative estimate of drug-likeness (QED) is 0.456. The zero-order valence-corrected chi connectivity index (χ0v) is 17.8. The van der Waals surface area contributed by atoms with Gasteiger partial charge in [-0.05, 0) is 44.9 Å². The molecule has 28 heavy (non-hydrogen) atoms. The Morgan fingerprint density at radius 1 is 1.32 bits per heavy atom. The van der Waals surface area contributed by atoms with E-state index >= 15 is 0 Å². The third-order valence-corrected chi connectivity index (χ3v) is 6.42. The molecular weight excluding hydrogens is 397 g/mol. The van der Waals surface area contributed by atoms with E-state index in [-0.39, 0.29) is 28.6 Å². The predicted molar refractivity (Wildman–Crippen MR) is 114 cm³/mol. The van der Waals surface area contributed by atoms with Crippen LogP contribution < -0.4 is 10.9 Å². The van der Waals surface area contributed by atoms with Crippen molar-refractivity contribution in [1.82, 2.24) is 15.3 Å². The molecule has 0 unspecified atom stereocenters. The van der Waals surface area contributed by atoms with Crippen molar-refractivity contribution in [2.75, 3.05) is 5.75 Å². The van der Waals surface area contributed by atoms with Gasteiger partial charge in [-0.25, -0.2) is 9.37 Å². The standard InChI is InChI=1S/C20H22FN3O2S2/c1-5-20(3,4)24-14(25)10-27-19-22-17(26)16-15(11(2)28-18(16)23-19)12-6-8-13(21)9-7-12/h6-9H,5,10H2,1-4H3,(H,24,25)(H,22,23,26). The number of nitrogens with one attached hydrogen (secondary N) is 2. The number of carbonyl (C=O) groups excluding carboxylic acids is 1. The number of aromatic amines is 1. The highest BCUT2D eigenvalue weighted by Crippen LogP contribution is 2.36. The van der Waals surface area contributed by atoms with Crippen LogP contribution in [0.25, 0.3) is 21.3 Å². The molecule has 2 aromatic heterocycles. The van der Waals surface area contributed by atoms with E-state index in [0.29, 0.717) is 15.4 Å². The minimum atomic E-state index is -0.323. The SMILES string of the molecule is CCC(C)(C)NC(=O)CSc1nc2sc(C)c(-c3ccc(F)cc3)c2c(=O)[nH]1. The second kappa shape index (κ2) is 8.05. The maximum atomic E-state index is 13.2. The van der Waals surface area contributed by atoms with Gasteiger partial charge in [0.15, 0.2) is 5.16 Å². The smallest absolute Gasteiger partial charge is 0.260 e. The molecule has 3 rings (SSSR count). The van der Waals surface area contributed by atoms with E-state index in [0.717, 1.165) is 22.4 Å². The van der Waals surface area contributed by atoms with Gasteiger partial charge < -0.3 is 10.3 Å². The molecule has 0 radical (unpaired) electrons. The number of H-pyrrole nitrogens is 1. The maximum Gasteiger partial charge on any atom is 0.260 e. The molecular formula is C20H22FN3O2S2. The Balaban J connectivity index is 1.87. The molecule has 0 spiro atoms. The summed E-state index contributed by atoms with van der Waals surface area (Å²) in [5.74, 6) is -0.252. The van der Waals surface area contributed by atoms with Gasteiger partial charge in [-0.1, -0.05) is 30.8 Å². The van der Waals surface area contributed by atoms with Crippen LogP contribution in [0.5, 0.6) is 0 Å². The van der Waals surface area contributed by atoms with Crippen molar-refractivity contribution < 1.29 is 9.18 Å². The summed E-state index contributed by atoms with van der Waals surface area (Å²) < 4.78 is 13.2. The number of aromatic nitrogens is 2. The number of nitrogens with zero attached hydrogens (tertiary/aromatic N) is 1. The Morgan fingerprint density at radius 2 is 2.00 bits per heavy atom. The molecule has 0 aliphatic carbocycles. The second-order valence-corrected chi connectivity index (χ2v) is 9.33. The third-order valence-electron chi connectivity index (χ3n) is 4.55. The van der Waals surface area contributed by atoms with Gasteiger partial charge in [0.05, 0.1) is 11.1 Å². The molecule has 5 nitrogen and oxygen atoms in total. The molecule has 0 atom stereocenters. The summed E-state index contributed by atoms with van der Waals surface area (Å²) in [6, 6.07) is 6.07. The third kappa shape index (κ3) is 4.44. The van der Waals surface area contributed by atoms with Crippen molar-refractivity contribution >= 4 is 39.2 Å². The van der Waals surface area contributed by atoms with E-state index < -0.39 is 0 Å². The van der Waals surface area contributed by atoms with Crippen molar-refractivity contribution in [3.63, 3.8) is 0 Å². The highest BCUT2D eigenvalue weighted by molar-refractivity contribution is 7.99. The number of amides is 1. The minimum absolute atomic E-state index is 0.103. The Labute approximate surface area is 170 Å². The van der Waals surface area contributed by atoms with Gasteiger partial charge in [-0.3, -0.25) is 9.59 Å². The molecule has 148 valence electrons. The first kappa shape index (κ1) is 20.5. The lowest BCUT2D eigenvalue weighted by atomic mass is 10.0. The molecule has 0 saturated carbocycles. The van der Waals surface area contributed by atoms with Crippen LogP contribution in [0.3, 0.4) is 0 Å². The molecule has 8 heteroatoms. The molecule has 0 aliphatic rings. The molecule has 1 amide bonds. The number of fused-ring (bicyclic) bond motifs is 1. The topological polar surface area (TPSA) is 74.8 Å². The van der Waals surface area contributed by atoms with Gasteiger partial charge in [0.25, 0.3) is 5.56 Å². The molecule has 0 saturated heterocycles. The monoisotopic (exact) mass is 419 g/mol. The van der Waals surface area contributed by atoms with Crippen LogP contribution in [0.15, 0.2) is 34.2 Å². The number of carbonyl (C=O) groups is 1. The van der Waals surface area contributed by atoms with E-state index in [2.05, 4.69) is 15.3 Å².